The number of thioether (sulfide) groups is 1. The second-order valence-corrected chi connectivity index (χ2v) is 9.87. The minimum Gasteiger partial charge on any atom is -0.486 e. The lowest BCUT2D eigenvalue weighted by atomic mass is 10.2. The van der Waals surface area contributed by atoms with Crippen molar-refractivity contribution in [3.63, 3.8) is 0 Å². The van der Waals surface area contributed by atoms with Crippen molar-refractivity contribution < 1.29 is 14.3 Å². The molecule has 2 aromatic carbocycles. The number of imide groups is 1. The van der Waals surface area contributed by atoms with E-state index in [2.05, 4.69) is 38.5 Å². The molecule has 0 N–H and O–H groups in total. The number of hydrogen-bond acceptors (Lipinski definition) is 4. The minimum atomic E-state index is -0.281. The summed E-state index contributed by atoms with van der Waals surface area (Å²) >= 11 is 13.1. The Morgan fingerprint density at radius 2 is 1.93 bits per heavy atom. The Morgan fingerprint density at radius 3 is 2.50 bits per heavy atom. The number of rotatable bonds is 5. The molecule has 2 amide bonds. The number of hydrogen-bond donors (Lipinski definition) is 0. The molecule has 1 fully saturated rings. The maximum atomic E-state index is 12.4. The zero-order valence-electron chi connectivity index (χ0n) is 15.0. The first kappa shape index (κ1) is 21.7. The van der Waals surface area contributed by atoms with Crippen LogP contribution in [0.3, 0.4) is 0 Å². The molecule has 0 bridgehead atoms. The van der Waals surface area contributed by atoms with Gasteiger partial charge in [-0.15, -0.1) is 0 Å². The van der Waals surface area contributed by atoms with E-state index < -0.39 is 0 Å². The maximum Gasteiger partial charge on any atom is 0.293 e. The Bertz CT molecular complexity index is 939. The van der Waals surface area contributed by atoms with E-state index in [1.165, 1.54) is 4.90 Å². The van der Waals surface area contributed by atoms with Crippen molar-refractivity contribution in [3.8, 4) is 5.75 Å². The van der Waals surface area contributed by atoms with Gasteiger partial charge in [0, 0.05) is 9.61 Å². The molecule has 1 heterocycles. The van der Waals surface area contributed by atoms with Gasteiger partial charge in [0.1, 0.15) is 6.61 Å². The van der Waals surface area contributed by atoms with Crippen LogP contribution < -0.4 is 4.74 Å². The third-order valence-corrected chi connectivity index (χ3v) is 6.43. The van der Waals surface area contributed by atoms with Crippen LogP contribution in [0.5, 0.6) is 5.75 Å². The summed E-state index contributed by atoms with van der Waals surface area (Å²) in [6, 6.07) is 11.4. The summed E-state index contributed by atoms with van der Waals surface area (Å²) in [5.41, 5.74) is 1.75. The smallest absolute Gasteiger partial charge is 0.293 e. The number of amides is 2. The largest absolute Gasteiger partial charge is 0.486 e. The Kier molecular flexibility index (Phi) is 7.12. The molecule has 0 radical (unpaired) electrons. The molecule has 1 aliphatic heterocycles. The van der Waals surface area contributed by atoms with E-state index in [0.717, 1.165) is 20.9 Å². The average Bonchev–Trinajstić information content (AvgIpc) is 2.89. The molecular weight excluding hydrogens is 577 g/mol. The highest BCUT2D eigenvalue weighted by Gasteiger charge is 2.36. The van der Waals surface area contributed by atoms with Gasteiger partial charge in [0.2, 0.25) is 0 Å². The number of ether oxygens (including phenoxy) is 1. The Balaban J connectivity index is 1.79. The molecule has 146 valence electrons. The molecule has 0 unspecified atom stereocenters. The topological polar surface area (TPSA) is 46.6 Å². The lowest BCUT2D eigenvalue weighted by molar-refractivity contribution is -0.123. The van der Waals surface area contributed by atoms with Gasteiger partial charge in [-0.3, -0.25) is 14.5 Å². The first-order valence-electron chi connectivity index (χ1n) is 8.39. The molecular formula is C20H16BrClINO3S. The quantitative estimate of drug-likeness (QED) is 0.285. The van der Waals surface area contributed by atoms with E-state index in [1.807, 2.05) is 44.2 Å². The summed E-state index contributed by atoms with van der Waals surface area (Å²) in [6.07, 6.45) is 1.67. The molecule has 2 aromatic rings. The summed E-state index contributed by atoms with van der Waals surface area (Å²) in [4.78, 5) is 26.1. The first-order valence-corrected chi connectivity index (χ1v) is 11.5. The summed E-state index contributed by atoms with van der Waals surface area (Å²) in [7, 11) is 0. The Morgan fingerprint density at radius 1 is 1.25 bits per heavy atom. The Labute approximate surface area is 194 Å². The van der Waals surface area contributed by atoms with Crippen LogP contribution in [-0.4, -0.2) is 22.1 Å². The van der Waals surface area contributed by atoms with Crippen LogP contribution in [0.25, 0.3) is 6.08 Å². The van der Waals surface area contributed by atoms with Gasteiger partial charge in [0.25, 0.3) is 11.1 Å². The zero-order chi connectivity index (χ0) is 20.4. The first-order chi connectivity index (χ1) is 13.3. The SMILES string of the molecule is CC(C)N1C(=O)S/C(=C/c2cc(Cl)c(OCc3ccc(I)cc3)c(Br)c2)C1=O. The van der Waals surface area contributed by atoms with Gasteiger partial charge in [-0.05, 0) is 106 Å². The third kappa shape index (κ3) is 4.93. The average molecular weight is 593 g/mol. The van der Waals surface area contributed by atoms with Gasteiger partial charge in [-0.25, -0.2) is 0 Å². The molecule has 1 aliphatic rings. The van der Waals surface area contributed by atoms with Crippen molar-refractivity contribution in [1.82, 2.24) is 4.90 Å². The highest BCUT2D eigenvalue weighted by molar-refractivity contribution is 14.1. The van der Waals surface area contributed by atoms with Crippen molar-refractivity contribution in [2.45, 2.75) is 26.5 Å². The van der Waals surface area contributed by atoms with Gasteiger partial charge in [0.15, 0.2) is 5.75 Å². The van der Waals surface area contributed by atoms with Crippen molar-refractivity contribution >= 4 is 79.1 Å². The molecule has 28 heavy (non-hydrogen) atoms. The van der Waals surface area contributed by atoms with Crippen LogP contribution in [0.15, 0.2) is 45.8 Å². The van der Waals surface area contributed by atoms with E-state index >= 15 is 0 Å². The second kappa shape index (κ2) is 9.19. The predicted molar refractivity (Wildman–Crippen MR) is 126 cm³/mol. The monoisotopic (exact) mass is 591 g/mol. The van der Waals surface area contributed by atoms with Gasteiger partial charge < -0.3 is 4.74 Å². The standard InChI is InChI=1S/C20H16BrClINO3S/c1-11(2)24-19(25)17(28-20(24)26)9-13-7-15(21)18(16(22)8-13)27-10-12-3-5-14(23)6-4-12/h3-9,11H,10H2,1-2H3/b17-9+. The molecule has 0 saturated carbocycles. The Hall–Kier alpha value is -1.03. The van der Waals surface area contributed by atoms with Gasteiger partial charge in [0.05, 0.1) is 14.4 Å². The fourth-order valence-corrected chi connectivity index (χ4v) is 4.92. The summed E-state index contributed by atoms with van der Waals surface area (Å²) in [5, 5.41) is 0.170. The number of carbonyl (C=O) groups is 2. The third-order valence-electron chi connectivity index (χ3n) is 3.95. The number of benzene rings is 2. The highest BCUT2D eigenvalue weighted by Crippen LogP contribution is 2.38. The van der Waals surface area contributed by atoms with E-state index in [0.29, 0.717) is 32.3 Å². The maximum absolute atomic E-state index is 12.4. The van der Waals surface area contributed by atoms with Crippen molar-refractivity contribution in [1.29, 1.82) is 0 Å². The molecule has 4 nitrogen and oxygen atoms in total. The summed E-state index contributed by atoms with van der Waals surface area (Å²) in [6.45, 7) is 4.01. The summed E-state index contributed by atoms with van der Waals surface area (Å²) < 4.78 is 7.71. The highest BCUT2D eigenvalue weighted by atomic mass is 127. The molecule has 8 heteroatoms. The van der Waals surface area contributed by atoms with Crippen LogP contribution in [0.4, 0.5) is 4.79 Å². The zero-order valence-corrected chi connectivity index (χ0v) is 20.4. The van der Waals surface area contributed by atoms with Crippen LogP contribution in [0.2, 0.25) is 5.02 Å². The fraction of sp³-hybridized carbons (Fsp3) is 0.200. The molecule has 3 rings (SSSR count). The van der Waals surface area contributed by atoms with Crippen molar-refractivity contribution in [3.05, 3.63) is 65.5 Å². The number of carbonyl (C=O) groups excluding carboxylic acids is 2. The van der Waals surface area contributed by atoms with E-state index in [-0.39, 0.29) is 17.2 Å². The van der Waals surface area contributed by atoms with Gasteiger partial charge >= 0.3 is 0 Å². The van der Waals surface area contributed by atoms with Crippen LogP contribution in [0.1, 0.15) is 25.0 Å². The minimum absolute atomic E-state index is 0.175. The second-order valence-electron chi connectivity index (χ2n) is 6.37. The summed E-state index contributed by atoms with van der Waals surface area (Å²) in [5.74, 6) is 0.254. The number of halogens is 3. The van der Waals surface area contributed by atoms with E-state index in [9.17, 15) is 9.59 Å². The molecule has 0 atom stereocenters. The van der Waals surface area contributed by atoms with Crippen LogP contribution >= 0.6 is 61.9 Å². The molecule has 1 saturated heterocycles. The van der Waals surface area contributed by atoms with E-state index in [4.69, 9.17) is 16.3 Å². The fourth-order valence-electron chi connectivity index (χ4n) is 2.61. The number of nitrogens with zero attached hydrogens (tertiary/aromatic N) is 1. The molecule has 0 aliphatic carbocycles. The van der Waals surface area contributed by atoms with Gasteiger partial charge in [-0.2, -0.15) is 0 Å². The molecule has 0 aromatic heterocycles. The normalized spacial score (nSPS) is 15.8. The predicted octanol–water partition coefficient (Wildman–Crippen LogP) is 6.73. The van der Waals surface area contributed by atoms with Crippen molar-refractivity contribution in [2.75, 3.05) is 0 Å². The van der Waals surface area contributed by atoms with E-state index in [1.54, 1.807) is 12.1 Å². The van der Waals surface area contributed by atoms with Gasteiger partial charge in [-0.1, -0.05) is 23.7 Å². The lowest BCUT2D eigenvalue weighted by Gasteiger charge is -2.16. The van der Waals surface area contributed by atoms with Crippen LogP contribution in [-0.2, 0) is 11.4 Å². The molecule has 0 spiro atoms. The van der Waals surface area contributed by atoms with Crippen molar-refractivity contribution in [2.24, 2.45) is 0 Å². The lowest BCUT2D eigenvalue weighted by Crippen LogP contribution is -2.34. The van der Waals surface area contributed by atoms with Crippen LogP contribution in [0, 0.1) is 3.57 Å².